The Labute approximate surface area is 117 Å². The van der Waals surface area contributed by atoms with Crippen LogP contribution in [0.25, 0.3) is 0 Å². The van der Waals surface area contributed by atoms with Crippen molar-refractivity contribution in [2.45, 2.75) is 4.90 Å². The lowest BCUT2D eigenvalue weighted by Gasteiger charge is -2.20. The first-order valence-corrected chi connectivity index (χ1v) is 7.10. The topological polar surface area (TPSA) is 100 Å². The third-order valence-electron chi connectivity index (χ3n) is 2.75. The van der Waals surface area contributed by atoms with Crippen LogP contribution in [0, 0.1) is 11.3 Å². The second-order valence-electron chi connectivity index (χ2n) is 4.03. The van der Waals surface area contributed by atoms with Gasteiger partial charge in [-0.15, -0.1) is 0 Å². The third kappa shape index (κ3) is 2.41. The smallest absolute Gasteiger partial charge is 0.266 e. The molecular formula is C13H12N4O2S. The summed E-state index contributed by atoms with van der Waals surface area (Å²) in [6, 6.07) is 11.1. The van der Waals surface area contributed by atoms with Gasteiger partial charge in [0, 0.05) is 18.9 Å². The van der Waals surface area contributed by atoms with Crippen molar-refractivity contribution in [3.8, 4) is 6.07 Å². The Hall–Kier alpha value is -2.59. The van der Waals surface area contributed by atoms with Crippen LogP contribution in [0.15, 0.2) is 47.5 Å². The van der Waals surface area contributed by atoms with Crippen LogP contribution >= 0.6 is 0 Å². The van der Waals surface area contributed by atoms with Gasteiger partial charge in [-0.05, 0) is 30.3 Å². The third-order valence-corrected chi connectivity index (χ3v) is 4.57. The molecule has 0 fully saturated rings. The number of hydrogen-bond donors (Lipinski definition) is 1. The van der Waals surface area contributed by atoms with Crippen LogP contribution in [0.4, 0.5) is 11.4 Å². The first-order valence-electron chi connectivity index (χ1n) is 5.66. The van der Waals surface area contributed by atoms with Crippen LogP contribution in [0.2, 0.25) is 0 Å². The van der Waals surface area contributed by atoms with Gasteiger partial charge in [0.1, 0.15) is 11.0 Å². The van der Waals surface area contributed by atoms with Crippen molar-refractivity contribution in [2.75, 3.05) is 17.1 Å². The van der Waals surface area contributed by atoms with Gasteiger partial charge in [0.2, 0.25) is 0 Å². The number of aromatic nitrogens is 1. The Balaban J connectivity index is 2.53. The molecule has 1 heterocycles. The normalized spacial score (nSPS) is 10.8. The minimum atomic E-state index is -3.86. The fourth-order valence-corrected chi connectivity index (χ4v) is 2.97. The molecule has 0 spiro atoms. The molecule has 0 aliphatic carbocycles. The van der Waals surface area contributed by atoms with Gasteiger partial charge in [-0.2, -0.15) is 5.26 Å². The molecule has 6 nitrogen and oxygen atoms in total. The zero-order valence-corrected chi connectivity index (χ0v) is 11.5. The molecule has 0 bridgehead atoms. The second-order valence-corrected chi connectivity index (χ2v) is 5.97. The first kappa shape index (κ1) is 13.8. The summed E-state index contributed by atoms with van der Waals surface area (Å²) in [6.07, 6.45) is 1.37. The molecule has 2 rings (SSSR count). The van der Waals surface area contributed by atoms with Crippen molar-refractivity contribution in [3.63, 3.8) is 0 Å². The summed E-state index contributed by atoms with van der Waals surface area (Å²) in [5.74, 6) is 0. The molecule has 0 atom stereocenters. The molecule has 0 unspecified atom stereocenters. The Morgan fingerprint density at radius 3 is 2.70 bits per heavy atom. The van der Waals surface area contributed by atoms with E-state index in [1.165, 1.54) is 25.4 Å². The van der Waals surface area contributed by atoms with Gasteiger partial charge < -0.3 is 5.73 Å². The highest BCUT2D eigenvalue weighted by molar-refractivity contribution is 7.92. The number of pyridine rings is 1. The summed E-state index contributed by atoms with van der Waals surface area (Å²) in [7, 11) is -2.46. The highest BCUT2D eigenvalue weighted by Gasteiger charge is 2.25. The molecular weight excluding hydrogens is 276 g/mol. The van der Waals surface area contributed by atoms with E-state index in [0.29, 0.717) is 11.4 Å². The summed E-state index contributed by atoms with van der Waals surface area (Å²) in [6.45, 7) is 0. The summed E-state index contributed by atoms with van der Waals surface area (Å²) in [5, 5.41) is 8.96. The summed E-state index contributed by atoms with van der Waals surface area (Å²) < 4.78 is 26.1. The highest BCUT2D eigenvalue weighted by Crippen LogP contribution is 2.24. The lowest BCUT2D eigenvalue weighted by atomic mass is 10.3. The van der Waals surface area contributed by atoms with Crippen molar-refractivity contribution in [2.24, 2.45) is 0 Å². The molecule has 2 aromatic rings. The van der Waals surface area contributed by atoms with Crippen LogP contribution in [0.1, 0.15) is 5.69 Å². The van der Waals surface area contributed by atoms with E-state index in [-0.39, 0.29) is 10.6 Å². The number of nitriles is 1. The predicted octanol–water partition coefficient (Wildman–Crippen LogP) is 1.36. The number of hydrogen-bond acceptors (Lipinski definition) is 5. The highest BCUT2D eigenvalue weighted by atomic mass is 32.2. The van der Waals surface area contributed by atoms with Gasteiger partial charge in [-0.3, -0.25) is 4.31 Å². The molecule has 20 heavy (non-hydrogen) atoms. The van der Waals surface area contributed by atoms with Crippen LogP contribution in [-0.2, 0) is 10.0 Å². The lowest BCUT2D eigenvalue weighted by Crippen LogP contribution is -2.27. The van der Waals surface area contributed by atoms with Crippen molar-refractivity contribution in [1.29, 1.82) is 5.26 Å². The minimum absolute atomic E-state index is 0.132. The molecule has 1 aromatic heterocycles. The lowest BCUT2D eigenvalue weighted by molar-refractivity contribution is 0.593. The maximum absolute atomic E-state index is 12.5. The fourth-order valence-electron chi connectivity index (χ4n) is 1.69. The standard InChI is InChI=1S/C13H12N4O2S/c1-17(11-5-2-4-10(15)8-11)20(18,19)13-6-3-7-16-12(13)9-14/h2-8H,15H2,1H3. The van der Waals surface area contributed by atoms with E-state index in [9.17, 15) is 8.42 Å². The average molecular weight is 288 g/mol. The molecule has 0 saturated heterocycles. The quantitative estimate of drug-likeness (QED) is 0.859. The van der Waals surface area contributed by atoms with Gasteiger partial charge in [-0.1, -0.05) is 6.07 Å². The van der Waals surface area contributed by atoms with Crippen molar-refractivity contribution >= 4 is 21.4 Å². The second kappa shape index (κ2) is 5.19. The van der Waals surface area contributed by atoms with Gasteiger partial charge in [0.05, 0.1) is 5.69 Å². The number of sulfonamides is 1. The van der Waals surface area contributed by atoms with Crippen molar-refractivity contribution in [3.05, 3.63) is 48.3 Å². The molecule has 0 amide bonds. The van der Waals surface area contributed by atoms with Crippen molar-refractivity contribution in [1.82, 2.24) is 4.98 Å². The Morgan fingerprint density at radius 1 is 1.30 bits per heavy atom. The van der Waals surface area contributed by atoms with Crippen LogP contribution in [-0.4, -0.2) is 20.4 Å². The monoisotopic (exact) mass is 288 g/mol. The van der Waals surface area contributed by atoms with E-state index in [4.69, 9.17) is 11.0 Å². The maximum atomic E-state index is 12.5. The zero-order valence-electron chi connectivity index (χ0n) is 10.7. The minimum Gasteiger partial charge on any atom is -0.399 e. The van der Waals surface area contributed by atoms with Crippen LogP contribution in [0.3, 0.4) is 0 Å². The number of anilines is 2. The largest absolute Gasteiger partial charge is 0.399 e. The SMILES string of the molecule is CN(c1cccc(N)c1)S(=O)(=O)c1cccnc1C#N. The van der Waals surface area contributed by atoms with Gasteiger partial charge >= 0.3 is 0 Å². The molecule has 0 radical (unpaired) electrons. The van der Waals surface area contributed by atoms with E-state index in [2.05, 4.69) is 4.98 Å². The summed E-state index contributed by atoms with van der Waals surface area (Å²) in [4.78, 5) is 3.63. The molecule has 7 heteroatoms. The van der Waals surface area contributed by atoms with Crippen molar-refractivity contribution < 1.29 is 8.42 Å². The molecule has 0 aliphatic heterocycles. The number of nitrogen functional groups attached to an aromatic ring is 1. The Kier molecular flexibility index (Phi) is 3.59. The van der Waals surface area contributed by atoms with E-state index in [0.717, 1.165) is 4.31 Å². The van der Waals surface area contributed by atoms with E-state index in [1.807, 2.05) is 0 Å². The molecule has 1 aromatic carbocycles. The molecule has 102 valence electrons. The van der Waals surface area contributed by atoms with E-state index >= 15 is 0 Å². The maximum Gasteiger partial charge on any atom is 0.266 e. The van der Waals surface area contributed by atoms with Gasteiger partial charge in [-0.25, -0.2) is 13.4 Å². The molecule has 0 saturated carbocycles. The number of nitrogens with zero attached hydrogens (tertiary/aromatic N) is 3. The van der Waals surface area contributed by atoms with E-state index < -0.39 is 10.0 Å². The number of nitrogens with two attached hydrogens (primary N) is 1. The van der Waals surface area contributed by atoms with E-state index in [1.54, 1.807) is 30.3 Å². The zero-order chi connectivity index (χ0) is 14.8. The fraction of sp³-hybridized carbons (Fsp3) is 0.0769. The first-order chi connectivity index (χ1) is 9.46. The molecule has 0 aliphatic rings. The van der Waals surface area contributed by atoms with Gasteiger partial charge in [0.25, 0.3) is 10.0 Å². The van der Waals surface area contributed by atoms with Crippen LogP contribution < -0.4 is 10.0 Å². The number of benzene rings is 1. The number of rotatable bonds is 3. The summed E-state index contributed by atoms with van der Waals surface area (Å²) in [5.41, 5.74) is 6.38. The Bertz CT molecular complexity index is 781. The predicted molar refractivity (Wildman–Crippen MR) is 75.4 cm³/mol. The van der Waals surface area contributed by atoms with Crippen LogP contribution in [0.5, 0.6) is 0 Å². The average Bonchev–Trinajstić information content (AvgIpc) is 2.46. The Morgan fingerprint density at radius 2 is 2.05 bits per heavy atom. The molecule has 2 N–H and O–H groups in total. The summed E-state index contributed by atoms with van der Waals surface area (Å²) >= 11 is 0. The van der Waals surface area contributed by atoms with Gasteiger partial charge in [0.15, 0.2) is 5.69 Å².